The first kappa shape index (κ1) is 13.5. The summed E-state index contributed by atoms with van der Waals surface area (Å²) in [6.45, 7) is 8.90. The molecule has 0 aliphatic carbocycles. The summed E-state index contributed by atoms with van der Waals surface area (Å²) in [4.78, 5) is 2.49. The maximum atomic E-state index is 8.87. The van der Waals surface area contributed by atoms with Crippen LogP contribution < -0.4 is 5.32 Å². The highest BCUT2D eigenvalue weighted by Gasteiger charge is 2.24. The minimum Gasteiger partial charge on any atom is -0.313 e. The number of nitriles is 1. The van der Waals surface area contributed by atoms with Crippen molar-refractivity contribution in [2.24, 2.45) is 0 Å². The first-order chi connectivity index (χ1) is 7.69. The average molecular weight is 223 g/mol. The minimum absolute atomic E-state index is 0.424. The van der Waals surface area contributed by atoms with Crippen molar-refractivity contribution in [1.29, 1.82) is 5.26 Å². The maximum Gasteiger partial charge on any atom is 0.0638 e. The van der Waals surface area contributed by atoms with E-state index in [9.17, 15) is 0 Å². The molecule has 2 unspecified atom stereocenters. The van der Waals surface area contributed by atoms with E-state index >= 15 is 0 Å². The molecule has 16 heavy (non-hydrogen) atoms. The van der Waals surface area contributed by atoms with Gasteiger partial charge in [0.15, 0.2) is 0 Å². The van der Waals surface area contributed by atoms with E-state index in [0.717, 1.165) is 19.5 Å². The van der Waals surface area contributed by atoms with Gasteiger partial charge in [0, 0.05) is 24.7 Å². The minimum atomic E-state index is 0.424. The van der Waals surface area contributed by atoms with Crippen LogP contribution in [0.4, 0.5) is 0 Å². The van der Waals surface area contributed by atoms with Gasteiger partial charge in [-0.1, -0.05) is 6.92 Å². The Labute approximate surface area is 99.8 Å². The van der Waals surface area contributed by atoms with Crippen LogP contribution in [0.1, 0.15) is 46.5 Å². The van der Waals surface area contributed by atoms with Crippen molar-refractivity contribution in [3.05, 3.63) is 0 Å². The molecule has 0 aromatic rings. The molecule has 0 saturated carbocycles. The molecule has 1 fully saturated rings. The lowest BCUT2D eigenvalue weighted by atomic mass is 10.1. The van der Waals surface area contributed by atoms with E-state index < -0.39 is 0 Å². The van der Waals surface area contributed by atoms with Crippen molar-refractivity contribution < 1.29 is 0 Å². The second-order valence-electron chi connectivity index (χ2n) is 5.01. The van der Waals surface area contributed by atoms with E-state index in [-0.39, 0.29) is 0 Å². The number of nitrogens with one attached hydrogen (secondary N) is 1. The zero-order chi connectivity index (χ0) is 12.0. The van der Waals surface area contributed by atoms with E-state index in [1.54, 1.807) is 0 Å². The van der Waals surface area contributed by atoms with Gasteiger partial charge < -0.3 is 5.32 Å². The highest BCUT2D eigenvalue weighted by Crippen LogP contribution is 2.16. The predicted octanol–water partition coefficient (Wildman–Crippen LogP) is 2.14. The van der Waals surface area contributed by atoms with Crippen LogP contribution in [-0.4, -0.2) is 36.1 Å². The number of rotatable bonds is 6. The summed E-state index contributed by atoms with van der Waals surface area (Å²) in [6, 6.07) is 3.90. The van der Waals surface area contributed by atoms with Gasteiger partial charge in [-0.25, -0.2) is 0 Å². The third kappa shape index (κ3) is 3.77. The number of hydrogen-bond acceptors (Lipinski definition) is 3. The number of hydrogen-bond donors (Lipinski definition) is 1. The Hall–Kier alpha value is -0.590. The largest absolute Gasteiger partial charge is 0.313 e. The lowest BCUT2D eigenvalue weighted by Crippen LogP contribution is -2.46. The van der Waals surface area contributed by atoms with Crippen LogP contribution in [0.3, 0.4) is 0 Å². The Kier molecular flexibility index (Phi) is 5.79. The molecule has 1 aliphatic rings. The summed E-state index contributed by atoms with van der Waals surface area (Å²) in [7, 11) is 0. The smallest absolute Gasteiger partial charge is 0.0638 e. The molecule has 0 bridgehead atoms. The fourth-order valence-corrected chi connectivity index (χ4v) is 2.55. The van der Waals surface area contributed by atoms with E-state index in [4.69, 9.17) is 5.26 Å². The molecular weight excluding hydrogens is 198 g/mol. The third-order valence-electron chi connectivity index (χ3n) is 3.52. The quantitative estimate of drug-likeness (QED) is 0.750. The van der Waals surface area contributed by atoms with Crippen LogP contribution in [0.25, 0.3) is 0 Å². The summed E-state index contributed by atoms with van der Waals surface area (Å²) in [6.07, 6.45) is 4.30. The molecule has 0 aromatic carbocycles. The Bertz CT molecular complexity index is 226. The van der Waals surface area contributed by atoms with Crippen molar-refractivity contribution in [3.8, 4) is 6.07 Å². The number of nitrogens with zero attached hydrogens (tertiary/aromatic N) is 2. The molecule has 1 heterocycles. The van der Waals surface area contributed by atoms with Crippen LogP contribution in [0, 0.1) is 11.3 Å². The zero-order valence-corrected chi connectivity index (χ0v) is 10.9. The van der Waals surface area contributed by atoms with Crippen LogP contribution in [0.15, 0.2) is 0 Å². The molecule has 3 nitrogen and oxygen atoms in total. The van der Waals surface area contributed by atoms with E-state index in [2.05, 4.69) is 37.1 Å². The van der Waals surface area contributed by atoms with Crippen molar-refractivity contribution in [2.75, 3.05) is 13.1 Å². The molecule has 1 aliphatic heterocycles. The summed E-state index contributed by atoms with van der Waals surface area (Å²) in [5.74, 6) is 0. The molecule has 92 valence electrons. The molecular formula is C13H25N3. The standard InChI is InChI=1S/C13H25N3/c1-4-13(7-8-14)16(11(2)3)10-12-6-5-9-15-12/h11-13,15H,4-7,9-10H2,1-3H3. The van der Waals surface area contributed by atoms with Gasteiger partial charge in [-0.2, -0.15) is 5.26 Å². The molecule has 0 aromatic heterocycles. The summed E-state index contributed by atoms with van der Waals surface area (Å²) in [5.41, 5.74) is 0. The Morgan fingerprint density at radius 1 is 1.50 bits per heavy atom. The van der Waals surface area contributed by atoms with E-state index in [0.29, 0.717) is 24.5 Å². The van der Waals surface area contributed by atoms with Crippen molar-refractivity contribution in [3.63, 3.8) is 0 Å². The fraction of sp³-hybridized carbons (Fsp3) is 0.923. The van der Waals surface area contributed by atoms with E-state index in [1.165, 1.54) is 12.8 Å². The van der Waals surface area contributed by atoms with Gasteiger partial charge in [-0.15, -0.1) is 0 Å². The van der Waals surface area contributed by atoms with Crippen LogP contribution in [0.2, 0.25) is 0 Å². The lowest BCUT2D eigenvalue weighted by Gasteiger charge is -2.35. The predicted molar refractivity (Wildman–Crippen MR) is 67.2 cm³/mol. The van der Waals surface area contributed by atoms with Crippen molar-refractivity contribution >= 4 is 0 Å². The van der Waals surface area contributed by atoms with Crippen molar-refractivity contribution in [2.45, 2.75) is 64.6 Å². The molecule has 1 saturated heterocycles. The second-order valence-corrected chi connectivity index (χ2v) is 5.01. The normalized spacial score (nSPS) is 22.6. The van der Waals surface area contributed by atoms with Crippen LogP contribution in [0.5, 0.6) is 0 Å². The average Bonchev–Trinajstić information content (AvgIpc) is 2.75. The molecule has 1 N–H and O–H groups in total. The molecule has 1 rings (SSSR count). The summed E-state index contributed by atoms with van der Waals surface area (Å²) < 4.78 is 0. The summed E-state index contributed by atoms with van der Waals surface area (Å²) >= 11 is 0. The third-order valence-corrected chi connectivity index (χ3v) is 3.52. The van der Waals surface area contributed by atoms with Gasteiger partial charge in [-0.05, 0) is 39.7 Å². The Morgan fingerprint density at radius 3 is 2.69 bits per heavy atom. The molecule has 3 heteroatoms. The van der Waals surface area contributed by atoms with Gasteiger partial charge in [-0.3, -0.25) is 4.90 Å². The Balaban J connectivity index is 2.54. The van der Waals surface area contributed by atoms with Gasteiger partial charge in [0.1, 0.15) is 0 Å². The molecule has 0 amide bonds. The van der Waals surface area contributed by atoms with Crippen LogP contribution >= 0.6 is 0 Å². The summed E-state index contributed by atoms with van der Waals surface area (Å²) in [5, 5.41) is 12.4. The van der Waals surface area contributed by atoms with Crippen molar-refractivity contribution in [1.82, 2.24) is 10.2 Å². The second kappa shape index (κ2) is 6.88. The van der Waals surface area contributed by atoms with E-state index in [1.807, 2.05) is 0 Å². The highest BCUT2D eigenvalue weighted by atomic mass is 15.2. The zero-order valence-electron chi connectivity index (χ0n) is 10.9. The topological polar surface area (TPSA) is 39.1 Å². The Morgan fingerprint density at radius 2 is 2.25 bits per heavy atom. The first-order valence-corrected chi connectivity index (χ1v) is 6.55. The lowest BCUT2D eigenvalue weighted by molar-refractivity contribution is 0.137. The molecule has 2 atom stereocenters. The molecule has 0 spiro atoms. The maximum absolute atomic E-state index is 8.87. The highest BCUT2D eigenvalue weighted by molar-refractivity contribution is 4.87. The SMILES string of the molecule is CCC(CC#N)N(CC1CCCN1)C(C)C. The monoisotopic (exact) mass is 223 g/mol. The fourth-order valence-electron chi connectivity index (χ4n) is 2.55. The van der Waals surface area contributed by atoms with Gasteiger partial charge in [0.2, 0.25) is 0 Å². The molecule has 0 radical (unpaired) electrons. The van der Waals surface area contributed by atoms with Gasteiger partial charge in [0.25, 0.3) is 0 Å². The van der Waals surface area contributed by atoms with Gasteiger partial charge in [0.05, 0.1) is 12.5 Å². The van der Waals surface area contributed by atoms with Crippen LogP contribution in [-0.2, 0) is 0 Å². The van der Waals surface area contributed by atoms with Gasteiger partial charge >= 0.3 is 0 Å². The first-order valence-electron chi connectivity index (χ1n) is 6.55.